The lowest BCUT2D eigenvalue weighted by atomic mass is 10.1. The van der Waals surface area contributed by atoms with Crippen LogP contribution in [0.1, 0.15) is 23.4 Å². The summed E-state index contributed by atoms with van der Waals surface area (Å²) in [5.41, 5.74) is 0.914. The summed E-state index contributed by atoms with van der Waals surface area (Å²) >= 11 is 0. The van der Waals surface area contributed by atoms with Crippen LogP contribution >= 0.6 is 0 Å². The van der Waals surface area contributed by atoms with E-state index in [9.17, 15) is 8.78 Å². The van der Waals surface area contributed by atoms with E-state index in [0.717, 1.165) is 17.8 Å². The molecule has 0 saturated heterocycles. The van der Waals surface area contributed by atoms with Crippen LogP contribution in [0.2, 0.25) is 0 Å². The van der Waals surface area contributed by atoms with E-state index in [0.29, 0.717) is 13.1 Å². The largest absolute Gasteiger partial charge is 0.312 e. The molecule has 0 bridgehead atoms. The monoisotopic (exact) mass is 266 g/mol. The lowest BCUT2D eigenvalue weighted by Crippen LogP contribution is -2.17. The Morgan fingerprint density at radius 2 is 2.21 bits per heavy atom. The van der Waals surface area contributed by atoms with Crippen molar-refractivity contribution in [3.8, 4) is 0 Å². The number of hydrogen-bond acceptors (Lipinski definition) is 3. The lowest BCUT2D eigenvalue weighted by Gasteiger charge is -2.06. The fraction of sp³-hybridized carbons (Fsp3) is 0.385. The highest BCUT2D eigenvalue weighted by Gasteiger charge is 2.06. The number of aryl methyl sites for hydroxylation is 1. The Morgan fingerprint density at radius 1 is 1.37 bits per heavy atom. The van der Waals surface area contributed by atoms with Gasteiger partial charge in [-0.1, -0.05) is 18.2 Å². The van der Waals surface area contributed by atoms with Crippen molar-refractivity contribution in [2.24, 2.45) is 7.05 Å². The van der Waals surface area contributed by atoms with Gasteiger partial charge >= 0.3 is 0 Å². The third-order valence-corrected chi connectivity index (χ3v) is 2.70. The Bertz CT molecular complexity index is 525. The second kappa shape index (κ2) is 6.38. The van der Waals surface area contributed by atoms with E-state index in [2.05, 4.69) is 15.4 Å². The number of nitrogens with one attached hydrogen (secondary N) is 1. The van der Waals surface area contributed by atoms with Gasteiger partial charge in [-0.25, -0.2) is 13.8 Å². The van der Waals surface area contributed by atoms with Gasteiger partial charge in [-0.05, 0) is 11.6 Å². The Labute approximate surface area is 110 Å². The zero-order valence-electron chi connectivity index (χ0n) is 10.7. The van der Waals surface area contributed by atoms with Crippen LogP contribution in [0.15, 0.2) is 30.6 Å². The molecule has 0 unspecified atom stereocenters. The smallest absolute Gasteiger partial charge is 0.263 e. The van der Waals surface area contributed by atoms with Gasteiger partial charge in [0.1, 0.15) is 6.33 Å². The maximum Gasteiger partial charge on any atom is 0.263 e. The minimum atomic E-state index is -2.42. The van der Waals surface area contributed by atoms with E-state index in [4.69, 9.17) is 0 Å². The molecule has 0 aliphatic heterocycles. The quantitative estimate of drug-likeness (QED) is 0.814. The van der Waals surface area contributed by atoms with Crippen LogP contribution in [0.25, 0.3) is 0 Å². The van der Waals surface area contributed by atoms with Crippen molar-refractivity contribution in [3.05, 3.63) is 47.5 Å². The minimum Gasteiger partial charge on any atom is -0.312 e. The third-order valence-electron chi connectivity index (χ3n) is 2.70. The first-order valence-corrected chi connectivity index (χ1v) is 6.07. The van der Waals surface area contributed by atoms with Gasteiger partial charge in [0.25, 0.3) is 6.43 Å². The van der Waals surface area contributed by atoms with Crippen molar-refractivity contribution in [3.63, 3.8) is 0 Å². The van der Waals surface area contributed by atoms with Crippen molar-refractivity contribution >= 4 is 0 Å². The normalized spacial score (nSPS) is 11.2. The van der Waals surface area contributed by atoms with Gasteiger partial charge in [-0.3, -0.25) is 4.68 Å². The number of nitrogens with zero attached hydrogens (tertiary/aromatic N) is 3. The summed E-state index contributed by atoms with van der Waals surface area (Å²) in [5.74, 6) is 0.774. The van der Waals surface area contributed by atoms with Crippen LogP contribution in [-0.2, 0) is 20.0 Å². The molecule has 0 radical (unpaired) electrons. The molecule has 1 heterocycles. The molecule has 0 aliphatic carbocycles. The molecule has 0 atom stereocenters. The molecule has 1 N–H and O–H groups in total. The van der Waals surface area contributed by atoms with Crippen molar-refractivity contribution < 1.29 is 8.78 Å². The maximum absolute atomic E-state index is 12.5. The first-order valence-electron chi connectivity index (χ1n) is 6.07. The van der Waals surface area contributed by atoms with E-state index in [-0.39, 0.29) is 5.56 Å². The van der Waals surface area contributed by atoms with E-state index >= 15 is 0 Å². The predicted octanol–water partition coefficient (Wildman–Crippen LogP) is 2.08. The second-order valence-corrected chi connectivity index (χ2v) is 4.31. The first kappa shape index (κ1) is 13.6. The van der Waals surface area contributed by atoms with Gasteiger partial charge < -0.3 is 5.32 Å². The fourth-order valence-corrected chi connectivity index (χ4v) is 1.77. The number of hydrogen-bond donors (Lipinski definition) is 1. The van der Waals surface area contributed by atoms with Gasteiger partial charge in [0.2, 0.25) is 0 Å². The fourth-order valence-electron chi connectivity index (χ4n) is 1.77. The van der Waals surface area contributed by atoms with Crippen molar-refractivity contribution in [2.75, 3.05) is 6.54 Å². The molecular weight excluding hydrogens is 250 g/mol. The average Bonchev–Trinajstić information content (AvgIpc) is 2.81. The van der Waals surface area contributed by atoms with Gasteiger partial charge in [-0.2, -0.15) is 5.10 Å². The Morgan fingerprint density at radius 3 is 2.89 bits per heavy atom. The highest BCUT2D eigenvalue weighted by molar-refractivity contribution is 5.24. The van der Waals surface area contributed by atoms with Gasteiger partial charge in [0.05, 0.1) is 0 Å². The lowest BCUT2D eigenvalue weighted by molar-refractivity contribution is 0.151. The summed E-state index contributed by atoms with van der Waals surface area (Å²) in [4.78, 5) is 4.11. The first-order chi connectivity index (χ1) is 9.15. The van der Waals surface area contributed by atoms with Crippen LogP contribution in [0.4, 0.5) is 8.78 Å². The summed E-state index contributed by atoms with van der Waals surface area (Å²) in [6.45, 7) is 1.27. The summed E-state index contributed by atoms with van der Waals surface area (Å²) in [6.07, 6.45) is -0.0470. The summed E-state index contributed by atoms with van der Waals surface area (Å²) in [5, 5.41) is 7.35. The molecule has 0 saturated carbocycles. The highest BCUT2D eigenvalue weighted by atomic mass is 19.3. The third kappa shape index (κ3) is 4.10. The molecule has 1 aromatic carbocycles. The molecule has 19 heavy (non-hydrogen) atoms. The van der Waals surface area contributed by atoms with Crippen molar-refractivity contribution in [2.45, 2.75) is 19.4 Å². The molecule has 6 heteroatoms. The topological polar surface area (TPSA) is 42.7 Å². The molecule has 102 valence electrons. The van der Waals surface area contributed by atoms with Crippen molar-refractivity contribution in [1.29, 1.82) is 0 Å². The summed E-state index contributed by atoms with van der Waals surface area (Å²) < 4.78 is 26.7. The van der Waals surface area contributed by atoms with Crippen molar-refractivity contribution in [1.82, 2.24) is 20.1 Å². The number of alkyl halides is 2. The van der Waals surface area contributed by atoms with Gasteiger partial charge in [0.15, 0.2) is 5.82 Å². The maximum atomic E-state index is 12.5. The highest BCUT2D eigenvalue weighted by Crippen LogP contribution is 2.19. The zero-order valence-corrected chi connectivity index (χ0v) is 10.7. The standard InChI is InChI=1S/C13H16F2N4/c1-19-9-17-12(18-19)5-6-16-8-10-3-2-4-11(7-10)13(14)15/h2-4,7,9,13,16H,5-6,8H2,1H3. The van der Waals surface area contributed by atoms with Gasteiger partial charge in [-0.15, -0.1) is 0 Å². The SMILES string of the molecule is Cn1cnc(CCNCc2cccc(C(F)F)c2)n1. The van der Waals surface area contributed by atoms with Crippen LogP contribution in [0.5, 0.6) is 0 Å². The van der Waals surface area contributed by atoms with Gasteiger partial charge in [0, 0.05) is 32.1 Å². The minimum absolute atomic E-state index is 0.0608. The molecule has 4 nitrogen and oxygen atoms in total. The van der Waals surface area contributed by atoms with E-state index in [1.54, 1.807) is 17.1 Å². The summed E-state index contributed by atoms with van der Waals surface area (Å²) in [7, 11) is 1.82. The molecule has 2 rings (SSSR count). The van der Waals surface area contributed by atoms with E-state index < -0.39 is 6.43 Å². The molecular formula is C13H16F2N4. The average molecular weight is 266 g/mol. The summed E-state index contributed by atoms with van der Waals surface area (Å²) in [6, 6.07) is 6.44. The number of halogens is 2. The van der Waals surface area contributed by atoms with Crippen LogP contribution < -0.4 is 5.32 Å². The van der Waals surface area contributed by atoms with Crippen LogP contribution in [0.3, 0.4) is 0 Å². The number of rotatable bonds is 6. The molecule has 1 aromatic heterocycles. The second-order valence-electron chi connectivity index (χ2n) is 4.31. The Kier molecular flexibility index (Phi) is 4.57. The van der Waals surface area contributed by atoms with E-state index in [1.165, 1.54) is 12.1 Å². The number of benzene rings is 1. The molecule has 2 aromatic rings. The predicted molar refractivity (Wildman–Crippen MR) is 67.8 cm³/mol. The number of aromatic nitrogens is 3. The molecule has 0 spiro atoms. The Hall–Kier alpha value is -1.82. The van der Waals surface area contributed by atoms with Crippen LogP contribution in [0, 0.1) is 0 Å². The zero-order chi connectivity index (χ0) is 13.7. The molecule has 0 aliphatic rings. The Balaban J connectivity index is 1.78. The van der Waals surface area contributed by atoms with E-state index in [1.807, 2.05) is 13.1 Å². The molecule has 0 amide bonds. The van der Waals surface area contributed by atoms with Crippen LogP contribution in [-0.4, -0.2) is 21.3 Å². The molecule has 0 fully saturated rings.